The Hall–Kier alpha value is -0.980. The standard InChI is InChI=1S/C22H39NO4/c1-7-20(3,4)16-9-15(11-23)10-17(21(5,6)8-2)18(16)19(27)22(12-24,13-25)14-26/h9-10,19,24-27H,7-8,11-14,23H2,1-6H3. The van der Waals surface area contributed by atoms with Gasteiger partial charge in [0.1, 0.15) is 0 Å². The molecule has 6 N–H and O–H groups in total. The third-order valence-corrected chi connectivity index (χ3v) is 6.50. The first-order chi connectivity index (χ1) is 12.5. The second-order valence-electron chi connectivity index (χ2n) is 9.02. The minimum absolute atomic E-state index is 0.244. The molecule has 1 rings (SSSR count). The van der Waals surface area contributed by atoms with Crippen molar-refractivity contribution in [3.63, 3.8) is 0 Å². The maximum absolute atomic E-state index is 11.4. The predicted molar refractivity (Wildman–Crippen MR) is 110 cm³/mol. The molecule has 0 radical (unpaired) electrons. The topological polar surface area (TPSA) is 107 Å². The maximum atomic E-state index is 11.4. The van der Waals surface area contributed by atoms with Crippen LogP contribution >= 0.6 is 0 Å². The molecule has 0 spiro atoms. The molecule has 0 aliphatic rings. The molecule has 1 atom stereocenters. The normalized spacial score (nSPS) is 14.5. The lowest BCUT2D eigenvalue weighted by Gasteiger charge is -2.41. The van der Waals surface area contributed by atoms with Crippen molar-refractivity contribution in [2.75, 3.05) is 19.8 Å². The summed E-state index contributed by atoms with van der Waals surface area (Å²) in [5.74, 6) is 0. The van der Waals surface area contributed by atoms with Gasteiger partial charge in [0, 0.05) is 6.54 Å². The van der Waals surface area contributed by atoms with Gasteiger partial charge in [0.25, 0.3) is 0 Å². The van der Waals surface area contributed by atoms with Gasteiger partial charge in [0.15, 0.2) is 0 Å². The highest BCUT2D eigenvalue weighted by Gasteiger charge is 2.43. The van der Waals surface area contributed by atoms with E-state index in [-0.39, 0.29) is 10.8 Å². The van der Waals surface area contributed by atoms with E-state index in [0.29, 0.717) is 12.1 Å². The number of aliphatic hydroxyl groups excluding tert-OH is 4. The van der Waals surface area contributed by atoms with Crippen LogP contribution in [0.1, 0.15) is 82.7 Å². The van der Waals surface area contributed by atoms with Crippen LogP contribution in [0, 0.1) is 5.41 Å². The number of nitrogens with two attached hydrogens (primary N) is 1. The monoisotopic (exact) mass is 381 g/mol. The number of rotatable bonds is 10. The van der Waals surface area contributed by atoms with Gasteiger partial charge in [-0.05, 0) is 45.9 Å². The molecular formula is C22H39NO4. The Balaban J connectivity index is 3.97. The van der Waals surface area contributed by atoms with E-state index in [1.54, 1.807) is 0 Å². The molecule has 27 heavy (non-hydrogen) atoms. The Morgan fingerprint density at radius 1 is 0.852 bits per heavy atom. The highest BCUT2D eigenvalue weighted by atomic mass is 16.3. The Morgan fingerprint density at radius 3 is 1.48 bits per heavy atom. The van der Waals surface area contributed by atoms with Gasteiger partial charge in [-0.2, -0.15) is 0 Å². The highest BCUT2D eigenvalue weighted by Crippen LogP contribution is 2.45. The van der Waals surface area contributed by atoms with Crippen LogP contribution in [0.2, 0.25) is 0 Å². The molecule has 0 amide bonds. The summed E-state index contributed by atoms with van der Waals surface area (Å²) in [4.78, 5) is 0. The van der Waals surface area contributed by atoms with Gasteiger partial charge in [0.2, 0.25) is 0 Å². The molecular weight excluding hydrogens is 342 g/mol. The minimum atomic E-state index is -1.42. The van der Waals surface area contributed by atoms with Crippen LogP contribution in [0.3, 0.4) is 0 Å². The summed E-state index contributed by atoms with van der Waals surface area (Å²) < 4.78 is 0. The van der Waals surface area contributed by atoms with Crippen molar-refractivity contribution in [1.29, 1.82) is 0 Å². The van der Waals surface area contributed by atoms with E-state index in [4.69, 9.17) is 5.73 Å². The Kier molecular flexibility index (Phi) is 8.03. The van der Waals surface area contributed by atoms with Gasteiger partial charge in [-0.1, -0.05) is 53.7 Å². The smallest absolute Gasteiger partial charge is 0.0918 e. The fourth-order valence-corrected chi connectivity index (χ4v) is 3.34. The molecule has 0 saturated heterocycles. The van der Waals surface area contributed by atoms with Crippen LogP contribution in [0.15, 0.2) is 12.1 Å². The lowest BCUT2D eigenvalue weighted by atomic mass is 9.67. The summed E-state index contributed by atoms with van der Waals surface area (Å²) in [5, 5.41) is 41.1. The lowest BCUT2D eigenvalue weighted by molar-refractivity contribution is -0.0863. The summed E-state index contributed by atoms with van der Waals surface area (Å²) in [6.45, 7) is 11.5. The molecule has 0 aliphatic heterocycles. The molecule has 1 unspecified atom stereocenters. The van der Waals surface area contributed by atoms with E-state index in [2.05, 4.69) is 41.5 Å². The molecule has 1 aromatic carbocycles. The van der Waals surface area contributed by atoms with E-state index in [1.165, 1.54) is 0 Å². The third kappa shape index (κ3) is 4.54. The minimum Gasteiger partial charge on any atom is -0.395 e. The average molecular weight is 382 g/mol. The zero-order valence-electron chi connectivity index (χ0n) is 17.8. The molecule has 0 aliphatic carbocycles. The first-order valence-corrected chi connectivity index (χ1v) is 9.88. The largest absolute Gasteiger partial charge is 0.395 e. The Labute approximate surface area is 164 Å². The summed E-state index contributed by atoms with van der Waals surface area (Å²) in [6.07, 6.45) is 0.486. The maximum Gasteiger partial charge on any atom is 0.0918 e. The summed E-state index contributed by atoms with van der Waals surface area (Å²) >= 11 is 0. The molecule has 5 heteroatoms. The van der Waals surface area contributed by atoms with Gasteiger partial charge in [-0.3, -0.25) is 0 Å². The van der Waals surface area contributed by atoms with Crippen molar-refractivity contribution in [3.05, 3.63) is 34.4 Å². The van der Waals surface area contributed by atoms with E-state index in [0.717, 1.165) is 29.5 Å². The van der Waals surface area contributed by atoms with Crippen LogP contribution in [-0.2, 0) is 17.4 Å². The molecule has 0 aromatic heterocycles. The number of hydrogen-bond donors (Lipinski definition) is 5. The summed E-state index contributed by atoms with van der Waals surface area (Å²) in [5.41, 5.74) is 7.66. The van der Waals surface area contributed by atoms with Gasteiger partial charge in [-0.25, -0.2) is 0 Å². The van der Waals surface area contributed by atoms with Crippen molar-refractivity contribution in [3.8, 4) is 0 Å². The summed E-state index contributed by atoms with van der Waals surface area (Å²) in [7, 11) is 0. The van der Waals surface area contributed by atoms with Gasteiger partial charge in [-0.15, -0.1) is 0 Å². The zero-order chi connectivity index (χ0) is 21.0. The Bertz CT molecular complexity index is 575. The molecule has 5 nitrogen and oxygen atoms in total. The van der Waals surface area contributed by atoms with Gasteiger partial charge < -0.3 is 26.2 Å². The molecule has 1 aromatic rings. The van der Waals surface area contributed by atoms with Crippen LogP contribution in [-0.4, -0.2) is 40.2 Å². The molecule has 0 saturated carbocycles. The third-order valence-electron chi connectivity index (χ3n) is 6.50. The van der Waals surface area contributed by atoms with Crippen LogP contribution in [0.5, 0.6) is 0 Å². The number of aliphatic hydroxyl groups is 4. The van der Waals surface area contributed by atoms with Gasteiger partial charge >= 0.3 is 0 Å². The van der Waals surface area contributed by atoms with Crippen molar-refractivity contribution in [1.82, 2.24) is 0 Å². The fraction of sp³-hybridized carbons (Fsp3) is 0.727. The first kappa shape index (κ1) is 24.1. The van der Waals surface area contributed by atoms with E-state index < -0.39 is 31.3 Å². The van der Waals surface area contributed by atoms with Crippen molar-refractivity contribution >= 4 is 0 Å². The van der Waals surface area contributed by atoms with E-state index in [1.807, 2.05) is 12.1 Å². The van der Waals surface area contributed by atoms with Crippen molar-refractivity contribution in [2.45, 2.75) is 77.9 Å². The fourth-order valence-electron chi connectivity index (χ4n) is 3.34. The lowest BCUT2D eigenvalue weighted by Crippen LogP contribution is -2.42. The highest BCUT2D eigenvalue weighted by molar-refractivity contribution is 5.48. The number of hydrogen-bond acceptors (Lipinski definition) is 5. The van der Waals surface area contributed by atoms with Crippen molar-refractivity contribution < 1.29 is 20.4 Å². The summed E-state index contributed by atoms with van der Waals surface area (Å²) in [6, 6.07) is 4.04. The molecule has 156 valence electrons. The molecule has 0 bridgehead atoms. The average Bonchev–Trinajstić information content (AvgIpc) is 2.68. The van der Waals surface area contributed by atoms with Crippen molar-refractivity contribution in [2.24, 2.45) is 11.1 Å². The van der Waals surface area contributed by atoms with Crippen LogP contribution in [0.25, 0.3) is 0 Å². The Morgan fingerprint density at radius 2 is 1.22 bits per heavy atom. The zero-order valence-corrected chi connectivity index (χ0v) is 17.8. The van der Waals surface area contributed by atoms with Gasteiger partial charge in [0.05, 0.1) is 31.3 Å². The SMILES string of the molecule is CCC(C)(C)c1cc(CN)cc(C(C)(C)CC)c1C(O)C(CO)(CO)CO. The van der Waals surface area contributed by atoms with E-state index >= 15 is 0 Å². The second kappa shape index (κ2) is 9.01. The second-order valence-corrected chi connectivity index (χ2v) is 9.02. The predicted octanol–water partition coefficient (Wildman–Crippen LogP) is 2.52. The van der Waals surface area contributed by atoms with Crippen LogP contribution < -0.4 is 5.73 Å². The quantitative estimate of drug-likeness (QED) is 0.428. The first-order valence-electron chi connectivity index (χ1n) is 9.88. The molecule has 0 fully saturated rings. The van der Waals surface area contributed by atoms with E-state index in [9.17, 15) is 20.4 Å². The molecule has 0 heterocycles. The number of benzene rings is 1. The van der Waals surface area contributed by atoms with Crippen LogP contribution in [0.4, 0.5) is 0 Å².